The molecular formula is C10H20N2O2. The molecule has 0 bridgehead atoms. The highest BCUT2D eigenvalue weighted by Gasteiger charge is 2.22. The molecule has 0 spiro atoms. The minimum Gasteiger partial charge on any atom is -0.445 e. The average molecular weight is 200 g/mol. The van der Waals surface area contributed by atoms with Crippen molar-refractivity contribution in [3.8, 4) is 0 Å². The molecule has 1 aliphatic rings. The quantitative estimate of drug-likeness (QED) is 0.744. The van der Waals surface area contributed by atoms with Crippen LogP contribution in [0.5, 0.6) is 0 Å². The van der Waals surface area contributed by atoms with Crippen LogP contribution in [0.15, 0.2) is 0 Å². The Hall–Kier alpha value is -0.770. The molecule has 0 saturated carbocycles. The van der Waals surface area contributed by atoms with E-state index < -0.39 is 6.09 Å². The van der Waals surface area contributed by atoms with Gasteiger partial charge in [0.15, 0.2) is 0 Å². The summed E-state index contributed by atoms with van der Waals surface area (Å²) in [6, 6.07) is 0. The number of amides is 1. The van der Waals surface area contributed by atoms with Crippen molar-refractivity contribution >= 4 is 6.09 Å². The van der Waals surface area contributed by atoms with Crippen molar-refractivity contribution in [2.45, 2.75) is 32.8 Å². The first-order chi connectivity index (χ1) is 6.58. The summed E-state index contributed by atoms with van der Waals surface area (Å²) in [5.74, 6) is 0.655. The van der Waals surface area contributed by atoms with Crippen LogP contribution in [0, 0.1) is 5.92 Å². The van der Waals surface area contributed by atoms with Gasteiger partial charge in [0.2, 0.25) is 0 Å². The minimum atomic E-state index is -0.651. The number of hydrogen-bond acceptors (Lipinski definition) is 3. The highest BCUT2D eigenvalue weighted by molar-refractivity contribution is 5.64. The normalized spacial score (nSPS) is 23.8. The Morgan fingerprint density at radius 1 is 1.64 bits per heavy atom. The molecule has 0 aromatic rings. The summed E-state index contributed by atoms with van der Waals surface area (Å²) in [6.45, 7) is 7.40. The highest BCUT2D eigenvalue weighted by atomic mass is 16.6. The molecule has 1 saturated heterocycles. The number of carbonyl (C=O) groups is 1. The molecule has 4 nitrogen and oxygen atoms in total. The summed E-state index contributed by atoms with van der Waals surface area (Å²) in [5, 5.41) is 0. The van der Waals surface area contributed by atoms with Crippen molar-refractivity contribution in [1.82, 2.24) is 4.90 Å². The molecule has 1 atom stereocenters. The fourth-order valence-electron chi connectivity index (χ4n) is 1.96. The SMILES string of the molecule is CC(C)CN1CCCC(OC(N)=O)C1. The van der Waals surface area contributed by atoms with Crippen LogP contribution in [-0.4, -0.2) is 36.7 Å². The molecule has 1 unspecified atom stereocenters. The number of nitrogens with zero attached hydrogens (tertiary/aromatic N) is 1. The van der Waals surface area contributed by atoms with Crippen LogP contribution >= 0.6 is 0 Å². The molecule has 1 amide bonds. The van der Waals surface area contributed by atoms with Crippen LogP contribution in [0.4, 0.5) is 4.79 Å². The number of primary amides is 1. The summed E-state index contributed by atoms with van der Waals surface area (Å²) in [5.41, 5.74) is 4.99. The summed E-state index contributed by atoms with van der Waals surface area (Å²) in [7, 11) is 0. The minimum absolute atomic E-state index is 0.000000000000000444. The summed E-state index contributed by atoms with van der Waals surface area (Å²) in [6.07, 6.45) is 1.38. The van der Waals surface area contributed by atoms with Gasteiger partial charge in [-0.2, -0.15) is 0 Å². The van der Waals surface area contributed by atoms with Gasteiger partial charge in [-0.1, -0.05) is 13.8 Å². The Morgan fingerprint density at radius 3 is 2.93 bits per heavy atom. The Bertz CT molecular complexity index is 195. The Morgan fingerprint density at radius 2 is 2.36 bits per heavy atom. The molecule has 1 fully saturated rings. The van der Waals surface area contributed by atoms with E-state index in [0.29, 0.717) is 5.92 Å². The smallest absolute Gasteiger partial charge is 0.404 e. The zero-order valence-electron chi connectivity index (χ0n) is 9.03. The van der Waals surface area contributed by atoms with Crippen LogP contribution < -0.4 is 5.73 Å². The largest absolute Gasteiger partial charge is 0.445 e. The monoisotopic (exact) mass is 200 g/mol. The summed E-state index contributed by atoms with van der Waals surface area (Å²) in [4.78, 5) is 12.9. The van der Waals surface area contributed by atoms with Gasteiger partial charge in [0.1, 0.15) is 6.10 Å². The fourth-order valence-corrected chi connectivity index (χ4v) is 1.96. The van der Waals surface area contributed by atoms with Crippen molar-refractivity contribution in [3.05, 3.63) is 0 Å². The van der Waals surface area contributed by atoms with Gasteiger partial charge in [0.25, 0.3) is 0 Å². The predicted octanol–water partition coefficient (Wildman–Crippen LogP) is 1.20. The van der Waals surface area contributed by atoms with Crippen LogP contribution in [0.25, 0.3) is 0 Å². The molecule has 2 N–H and O–H groups in total. The first-order valence-corrected chi connectivity index (χ1v) is 5.26. The number of rotatable bonds is 3. The highest BCUT2D eigenvalue weighted by Crippen LogP contribution is 2.14. The average Bonchev–Trinajstić information content (AvgIpc) is 2.01. The number of likely N-dealkylation sites (tertiary alicyclic amines) is 1. The topological polar surface area (TPSA) is 55.6 Å². The van der Waals surface area contributed by atoms with E-state index >= 15 is 0 Å². The molecule has 1 heterocycles. The number of carbonyl (C=O) groups excluding carboxylic acids is 1. The lowest BCUT2D eigenvalue weighted by molar-refractivity contribution is 0.0436. The third kappa shape index (κ3) is 3.96. The third-order valence-corrected chi connectivity index (χ3v) is 2.37. The van der Waals surface area contributed by atoms with Crippen LogP contribution in [0.1, 0.15) is 26.7 Å². The van der Waals surface area contributed by atoms with Gasteiger partial charge >= 0.3 is 6.09 Å². The third-order valence-electron chi connectivity index (χ3n) is 2.37. The van der Waals surface area contributed by atoms with Crippen LogP contribution in [0.2, 0.25) is 0 Å². The van der Waals surface area contributed by atoms with E-state index in [0.717, 1.165) is 32.5 Å². The second kappa shape index (κ2) is 5.20. The number of piperidine rings is 1. The zero-order valence-corrected chi connectivity index (χ0v) is 9.03. The van der Waals surface area contributed by atoms with Crippen molar-refractivity contribution in [2.24, 2.45) is 11.7 Å². The van der Waals surface area contributed by atoms with E-state index in [4.69, 9.17) is 10.5 Å². The number of nitrogens with two attached hydrogens (primary N) is 1. The van der Waals surface area contributed by atoms with Crippen LogP contribution in [0.3, 0.4) is 0 Å². The van der Waals surface area contributed by atoms with Gasteiger partial charge in [-0.3, -0.25) is 4.90 Å². The van der Waals surface area contributed by atoms with Crippen LogP contribution in [-0.2, 0) is 4.74 Å². The summed E-state index contributed by atoms with van der Waals surface area (Å²) >= 11 is 0. The molecule has 1 aliphatic heterocycles. The van der Waals surface area contributed by atoms with Crippen molar-refractivity contribution in [1.29, 1.82) is 0 Å². The number of ether oxygens (including phenoxy) is 1. The maximum atomic E-state index is 10.6. The Labute approximate surface area is 85.4 Å². The molecule has 0 aliphatic carbocycles. The van der Waals surface area contributed by atoms with E-state index in [1.807, 2.05) is 0 Å². The second-order valence-corrected chi connectivity index (χ2v) is 4.35. The fraction of sp³-hybridized carbons (Fsp3) is 0.900. The molecule has 4 heteroatoms. The zero-order chi connectivity index (χ0) is 10.6. The van der Waals surface area contributed by atoms with Gasteiger partial charge in [-0.05, 0) is 25.3 Å². The standard InChI is InChI=1S/C10H20N2O2/c1-8(2)6-12-5-3-4-9(7-12)14-10(11)13/h8-9H,3-7H2,1-2H3,(H2,11,13). The molecule has 1 rings (SSSR count). The van der Waals surface area contributed by atoms with Gasteiger partial charge in [-0.25, -0.2) is 4.79 Å². The van der Waals surface area contributed by atoms with E-state index in [2.05, 4.69) is 18.7 Å². The van der Waals surface area contributed by atoms with Gasteiger partial charge in [-0.15, -0.1) is 0 Å². The van der Waals surface area contributed by atoms with Gasteiger partial charge < -0.3 is 10.5 Å². The lowest BCUT2D eigenvalue weighted by Gasteiger charge is -2.32. The van der Waals surface area contributed by atoms with Gasteiger partial charge in [0, 0.05) is 13.1 Å². The predicted molar refractivity (Wildman–Crippen MR) is 55.0 cm³/mol. The molecule has 0 aromatic heterocycles. The van der Waals surface area contributed by atoms with Crippen molar-refractivity contribution in [3.63, 3.8) is 0 Å². The number of hydrogen-bond donors (Lipinski definition) is 1. The lowest BCUT2D eigenvalue weighted by Crippen LogP contribution is -2.42. The van der Waals surface area contributed by atoms with Gasteiger partial charge in [0.05, 0.1) is 0 Å². The maximum absolute atomic E-state index is 10.6. The first-order valence-electron chi connectivity index (χ1n) is 5.26. The van der Waals surface area contributed by atoms with Crippen molar-refractivity contribution in [2.75, 3.05) is 19.6 Å². The first kappa shape index (κ1) is 11.3. The van der Waals surface area contributed by atoms with E-state index in [1.165, 1.54) is 0 Å². The molecular weight excluding hydrogens is 180 g/mol. The molecule has 82 valence electrons. The second-order valence-electron chi connectivity index (χ2n) is 4.35. The Balaban J connectivity index is 2.32. The Kier molecular flexibility index (Phi) is 4.20. The van der Waals surface area contributed by atoms with E-state index in [9.17, 15) is 4.79 Å². The molecule has 0 aromatic carbocycles. The van der Waals surface area contributed by atoms with E-state index in [1.54, 1.807) is 0 Å². The lowest BCUT2D eigenvalue weighted by atomic mass is 10.1. The summed E-state index contributed by atoms with van der Waals surface area (Å²) < 4.78 is 5.00. The molecule has 0 radical (unpaired) electrons. The van der Waals surface area contributed by atoms with Crippen molar-refractivity contribution < 1.29 is 9.53 Å². The molecule has 14 heavy (non-hydrogen) atoms. The maximum Gasteiger partial charge on any atom is 0.404 e. The van der Waals surface area contributed by atoms with E-state index in [-0.39, 0.29) is 6.10 Å².